The van der Waals surface area contributed by atoms with Crippen LogP contribution in [-0.2, 0) is 4.79 Å². The van der Waals surface area contributed by atoms with Crippen LogP contribution in [0.3, 0.4) is 0 Å². The topological polar surface area (TPSA) is 101 Å². The van der Waals surface area contributed by atoms with Crippen molar-refractivity contribution in [3.8, 4) is 0 Å². The van der Waals surface area contributed by atoms with Gasteiger partial charge in [0, 0.05) is 12.6 Å². The average molecular weight is 298 g/mol. The highest BCUT2D eigenvalue weighted by Crippen LogP contribution is 2.27. The third-order valence-corrected chi connectivity index (χ3v) is 4.31. The van der Waals surface area contributed by atoms with Gasteiger partial charge in [-0.2, -0.15) is 0 Å². The molecule has 8 heteroatoms. The standard InChI is InChI=1S/C12H14N2O5S/c15-11(9-5-6-10(20-9)14(18)19)13-7-3-1-2-4-8(13)12(16)17/h5-6,8H,1-4,7H2,(H,16,17). The average Bonchev–Trinajstić information content (AvgIpc) is 2.76. The first-order valence-electron chi connectivity index (χ1n) is 6.28. The highest BCUT2D eigenvalue weighted by molar-refractivity contribution is 7.17. The maximum Gasteiger partial charge on any atom is 0.326 e. The molecule has 108 valence electrons. The second-order valence-corrected chi connectivity index (χ2v) is 5.66. The normalized spacial score (nSPS) is 19.4. The Kier molecular flexibility index (Phi) is 4.33. The van der Waals surface area contributed by atoms with Crippen LogP contribution in [0.5, 0.6) is 0 Å². The number of carboxylic acids is 1. The maximum atomic E-state index is 12.4. The third-order valence-electron chi connectivity index (χ3n) is 3.28. The van der Waals surface area contributed by atoms with Gasteiger partial charge in [0.1, 0.15) is 6.04 Å². The Balaban J connectivity index is 2.23. The van der Waals surface area contributed by atoms with E-state index in [1.54, 1.807) is 0 Å². The Morgan fingerprint density at radius 3 is 2.70 bits per heavy atom. The summed E-state index contributed by atoms with van der Waals surface area (Å²) in [5, 5.41) is 19.7. The molecule has 1 aliphatic rings. The van der Waals surface area contributed by atoms with Gasteiger partial charge in [0.15, 0.2) is 0 Å². The molecular weight excluding hydrogens is 284 g/mol. The quantitative estimate of drug-likeness (QED) is 0.680. The lowest BCUT2D eigenvalue weighted by Crippen LogP contribution is -2.44. The first kappa shape index (κ1) is 14.4. The van der Waals surface area contributed by atoms with E-state index in [0.29, 0.717) is 13.0 Å². The van der Waals surface area contributed by atoms with Gasteiger partial charge in [-0.05, 0) is 18.9 Å². The summed E-state index contributed by atoms with van der Waals surface area (Å²) in [5.41, 5.74) is 0. The monoisotopic (exact) mass is 298 g/mol. The lowest BCUT2D eigenvalue weighted by atomic mass is 10.1. The summed E-state index contributed by atoms with van der Waals surface area (Å²) in [5.74, 6) is -1.45. The molecule has 20 heavy (non-hydrogen) atoms. The van der Waals surface area contributed by atoms with E-state index in [9.17, 15) is 24.8 Å². The number of nitro groups is 1. The van der Waals surface area contributed by atoms with Crippen molar-refractivity contribution in [1.29, 1.82) is 0 Å². The number of carboxylic acid groups (broad SMARTS) is 1. The fourth-order valence-corrected chi connectivity index (χ4v) is 3.07. The number of likely N-dealkylation sites (tertiary alicyclic amines) is 1. The van der Waals surface area contributed by atoms with Gasteiger partial charge in [-0.1, -0.05) is 24.2 Å². The molecule has 1 aromatic heterocycles. The van der Waals surface area contributed by atoms with E-state index in [-0.39, 0.29) is 9.88 Å². The van der Waals surface area contributed by atoms with Gasteiger partial charge in [-0.15, -0.1) is 0 Å². The molecule has 1 unspecified atom stereocenters. The summed E-state index contributed by atoms with van der Waals surface area (Å²) < 4.78 is 0. The fourth-order valence-electron chi connectivity index (χ4n) is 2.29. The summed E-state index contributed by atoms with van der Waals surface area (Å²) in [7, 11) is 0. The molecule has 0 radical (unpaired) electrons. The molecule has 2 heterocycles. The molecule has 1 atom stereocenters. The molecule has 1 aliphatic heterocycles. The van der Waals surface area contributed by atoms with Crippen molar-refractivity contribution in [3.63, 3.8) is 0 Å². The fraction of sp³-hybridized carbons (Fsp3) is 0.500. The molecule has 0 bridgehead atoms. The minimum atomic E-state index is -1.02. The van der Waals surface area contributed by atoms with Crippen LogP contribution in [0, 0.1) is 10.1 Å². The Bertz CT molecular complexity index is 542. The van der Waals surface area contributed by atoms with Crippen molar-refractivity contribution >= 4 is 28.2 Å². The lowest BCUT2D eigenvalue weighted by molar-refractivity contribution is -0.380. The van der Waals surface area contributed by atoms with Gasteiger partial charge in [-0.3, -0.25) is 14.9 Å². The zero-order valence-corrected chi connectivity index (χ0v) is 11.5. The van der Waals surface area contributed by atoms with Crippen LogP contribution in [0.25, 0.3) is 0 Å². The zero-order valence-electron chi connectivity index (χ0n) is 10.7. The van der Waals surface area contributed by atoms with Crippen molar-refractivity contribution in [2.45, 2.75) is 31.7 Å². The molecule has 7 nitrogen and oxygen atoms in total. The van der Waals surface area contributed by atoms with Crippen LogP contribution in [0.15, 0.2) is 12.1 Å². The molecule has 1 N–H and O–H groups in total. The van der Waals surface area contributed by atoms with Crippen molar-refractivity contribution in [3.05, 3.63) is 27.1 Å². The van der Waals surface area contributed by atoms with Gasteiger partial charge in [-0.25, -0.2) is 4.79 Å². The van der Waals surface area contributed by atoms with Gasteiger partial charge < -0.3 is 10.0 Å². The van der Waals surface area contributed by atoms with Crippen LogP contribution in [0.2, 0.25) is 0 Å². The Morgan fingerprint density at radius 1 is 1.35 bits per heavy atom. The number of carbonyl (C=O) groups is 2. The molecule has 1 amide bonds. The third kappa shape index (κ3) is 2.96. The highest BCUT2D eigenvalue weighted by Gasteiger charge is 2.32. The van der Waals surface area contributed by atoms with E-state index in [4.69, 9.17) is 0 Å². The SMILES string of the molecule is O=C(O)C1CCCCCN1C(=O)c1ccc([N+](=O)[O-])s1. The van der Waals surface area contributed by atoms with Crippen LogP contribution in [0.4, 0.5) is 5.00 Å². The number of aliphatic carboxylic acids is 1. The predicted molar refractivity (Wildman–Crippen MR) is 71.9 cm³/mol. The number of amides is 1. The van der Waals surface area contributed by atoms with Gasteiger partial charge in [0.2, 0.25) is 0 Å². The Hall–Kier alpha value is -1.96. The number of nitrogens with zero attached hydrogens (tertiary/aromatic N) is 2. The lowest BCUT2D eigenvalue weighted by Gasteiger charge is -2.26. The van der Waals surface area contributed by atoms with E-state index < -0.39 is 22.8 Å². The zero-order chi connectivity index (χ0) is 14.7. The molecular formula is C12H14N2O5S. The molecule has 1 saturated heterocycles. The Morgan fingerprint density at radius 2 is 2.10 bits per heavy atom. The molecule has 0 spiro atoms. The first-order valence-corrected chi connectivity index (χ1v) is 7.10. The minimum absolute atomic E-state index is 0.116. The summed E-state index contributed by atoms with van der Waals surface area (Å²) in [6, 6.07) is 1.81. The number of rotatable bonds is 3. The summed E-state index contributed by atoms with van der Waals surface area (Å²) in [6.45, 7) is 0.376. The van der Waals surface area contributed by atoms with Crippen LogP contribution < -0.4 is 0 Å². The second-order valence-electron chi connectivity index (χ2n) is 4.60. The van der Waals surface area contributed by atoms with E-state index in [2.05, 4.69) is 0 Å². The van der Waals surface area contributed by atoms with Crippen LogP contribution in [-0.4, -0.2) is 39.4 Å². The van der Waals surface area contributed by atoms with Gasteiger partial charge in [0.05, 0.1) is 9.80 Å². The van der Waals surface area contributed by atoms with E-state index in [1.807, 2.05) is 0 Å². The van der Waals surface area contributed by atoms with Gasteiger partial charge >= 0.3 is 11.0 Å². The largest absolute Gasteiger partial charge is 0.480 e. The predicted octanol–water partition coefficient (Wildman–Crippen LogP) is 2.13. The molecule has 2 rings (SSSR count). The molecule has 1 fully saturated rings. The molecule has 0 saturated carbocycles. The summed E-state index contributed by atoms with van der Waals surface area (Å²) in [4.78, 5) is 35.2. The molecule has 1 aromatic rings. The number of thiophene rings is 1. The van der Waals surface area contributed by atoms with Crippen molar-refractivity contribution in [2.24, 2.45) is 0 Å². The van der Waals surface area contributed by atoms with E-state index in [1.165, 1.54) is 17.0 Å². The van der Waals surface area contributed by atoms with Crippen LogP contribution in [0.1, 0.15) is 35.4 Å². The smallest absolute Gasteiger partial charge is 0.326 e. The van der Waals surface area contributed by atoms with Crippen molar-refractivity contribution < 1.29 is 19.6 Å². The number of carbonyl (C=O) groups excluding carboxylic acids is 1. The maximum absolute atomic E-state index is 12.4. The number of hydrogen-bond donors (Lipinski definition) is 1. The highest BCUT2D eigenvalue weighted by atomic mass is 32.1. The first-order chi connectivity index (χ1) is 9.50. The summed E-state index contributed by atoms with van der Waals surface area (Å²) in [6.07, 6.45) is 2.83. The second kappa shape index (κ2) is 6.00. The minimum Gasteiger partial charge on any atom is -0.480 e. The van der Waals surface area contributed by atoms with E-state index in [0.717, 1.165) is 30.6 Å². The van der Waals surface area contributed by atoms with Crippen LogP contribution >= 0.6 is 11.3 Å². The van der Waals surface area contributed by atoms with E-state index >= 15 is 0 Å². The summed E-state index contributed by atoms with van der Waals surface area (Å²) >= 11 is 0.780. The van der Waals surface area contributed by atoms with Gasteiger partial charge in [0.25, 0.3) is 5.91 Å². The molecule has 0 aliphatic carbocycles. The van der Waals surface area contributed by atoms with Crippen molar-refractivity contribution in [1.82, 2.24) is 4.90 Å². The van der Waals surface area contributed by atoms with Crippen molar-refractivity contribution in [2.75, 3.05) is 6.54 Å². The number of hydrogen-bond acceptors (Lipinski definition) is 5. The Labute approximate surface area is 119 Å². The molecule has 0 aromatic carbocycles.